The standard InChI is InChI=1S/C9H21N.C4H9.2CHO.Ru/c1-4-7-10(8-5-2)9-6-3;1-4(2)3;2*1-2;/h4-9H2,1-3H3;1-3H3;2*1H;/q;3*-1;+4. The fourth-order valence-electron chi connectivity index (χ4n) is 1.28. The van der Waals surface area contributed by atoms with Crippen LogP contribution in [0.25, 0.3) is 0 Å². The number of carbonyl (C=O) groups excluding carboxylic acids is 2. The molecular formula is C15H32NO2Ru+. The summed E-state index contributed by atoms with van der Waals surface area (Å²) in [5, 5.41) is 0. The molecule has 0 unspecified atom stereocenters. The van der Waals surface area contributed by atoms with Crippen molar-refractivity contribution in [2.75, 3.05) is 19.6 Å². The Morgan fingerprint density at radius 1 is 0.737 bits per heavy atom. The van der Waals surface area contributed by atoms with Gasteiger partial charge in [0.2, 0.25) is 0 Å². The van der Waals surface area contributed by atoms with Crippen LogP contribution in [0.15, 0.2) is 0 Å². The monoisotopic (exact) mass is 360 g/mol. The van der Waals surface area contributed by atoms with E-state index >= 15 is 0 Å². The van der Waals surface area contributed by atoms with Gasteiger partial charge in [0.15, 0.2) is 0 Å². The topological polar surface area (TPSA) is 37.4 Å². The molecule has 0 spiro atoms. The molecule has 0 atom stereocenters. The largest absolute Gasteiger partial charge is 4.00 e. The van der Waals surface area contributed by atoms with Crippen LogP contribution >= 0.6 is 0 Å². The van der Waals surface area contributed by atoms with E-state index in [0.29, 0.717) is 0 Å². The van der Waals surface area contributed by atoms with Gasteiger partial charge in [-0.3, -0.25) is 13.6 Å². The summed E-state index contributed by atoms with van der Waals surface area (Å²) >= 11 is 0. The average Bonchev–Trinajstić information content (AvgIpc) is 2.34. The molecule has 0 N–H and O–H groups in total. The van der Waals surface area contributed by atoms with Gasteiger partial charge in [0.05, 0.1) is 0 Å². The van der Waals surface area contributed by atoms with Crippen molar-refractivity contribution in [3.05, 3.63) is 5.92 Å². The van der Waals surface area contributed by atoms with Crippen LogP contribution in [-0.2, 0) is 29.1 Å². The summed E-state index contributed by atoms with van der Waals surface area (Å²) in [5.74, 6) is 1.42. The van der Waals surface area contributed by atoms with Gasteiger partial charge in [0.25, 0.3) is 0 Å². The van der Waals surface area contributed by atoms with Gasteiger partial charge < -0.3 is 20.4 Å². The molecule has 0 aromatic heterocycles. The molecule has 0 heterocycles. The maximum absolute atomic E-state index is 7.75. The molecule has 0 bridgehead atoms. The molecule has 19 heavy (non-hydrogen) atoms. The van der Waals surface area contributed by atoms with Crippen molar-refractivity contribution in [1.29, 1.82) is 0 Å². The Balaban J connectivity index is -0.0000000615. The summed E-state index contributed by atoms with van der Waals surface area (Å²) in [4.78, 5) is 18.0. The summed E-state index contributed by atoms with van der Waals surface area (Å²) in [6.45, 7) is 23.3. The maximum atomic E-state index is 7.75. The van der Waals surface area contributed by atoms with E-state index in [1.165, 1.54) is 44.8 Å². The Hall–Kier alpha value is -0.0766. The van der Waals surface area contributed by atoms with Crippen molar-refractivity contribution in [1.82, 2.24) is 4.90 Å². The molecule has 3 nitrogen and oxygen atoms in total. The van der Waals surface area contributed by atoms with Gasteiger partial charge >= 0.3 is 19.5 Å². The van der Waals surface area contributed by atoms with Crippen molar-refractivity contribution >= 4 is 13.6 Å². The predicted molar refractivity (Wildman–Crippen MR) is 81.1 cm³/mol. The molecule has 0 aliphatic rings. The van der Waals surface area contributed by atoms with E-state index in [1.54, 1.807) is 0 Å². The minimum absolute atomic E-state index is 0. The van der Waals surface area contributed by atoms with Crippen LogP contribution in [0.1, 0.15) is 60.8 Å². The average molecular weight is 359 g/mol. The van der Waals surface area contributed by atoms with Crippen LogP contribution < -0.4 is 0 Å². The minimum atomic E-state index is 0. The second-order valence-corrected chi connectivity index (χ2v) is 4.34. The molecular weight excluding hydrogens is 327 g/mol. The zero-order chi connectivity index (χ0) is 15.4. The van der Waals surface area contributed by atoms with Gasteiger partial charge in [0.1, 0.15) is 0 Å². The summed E-state index contributed by atoms with van der Waals surface area (Å²) < 4.78 is 0. The second kappa shape index (κ2) is 36.1. The fraction of sp³-hybridized carbons (Fsp3) is 0.800. The Labute approximate surface area is 134 Å². The number of hydrogen-bond acceptors (Lipinski definition) is 3. The number of hydrogen-bond donors (Lipinski definition) is 0. The first-order chi connectivity index (χ1) is 8.58. The van der Waals surface area contributed by atoms with E-state index in [0.717, 1.165) is 0 Å². The SMILES string of the molecule is CCCN(CCC)CCC.C[C-](C)C.[CH-]=O.[CH-]=O.[Ru+4]. The molecule has 4 heteroatoms. The molecule has 0 aromatic rings. The molecule has 0 aliphatic heterocycles. The van der Waals surface area contributed by atoms with Gasteiger partial charge in [-0.15, -0.1) is 0 Å². The molecule has 0 radical (unpaired) electrons. The van der Waals surface area contributed by atoms with E-state index < -0.39 is 0 Å². The third-order valence-electron chi connectivity index (χ3n) is 1.62. The Bertz CT molecular complexity index is 106. The predicted octanol–water partition coefficient (Wildman–Crippen LogP) is 3.59. The van der Waals surface area contributed by atoms with Crippen molar-refractivity contribution in [3.63, 3.8) is 0 Å². The number of nitrogens with zero attached hydrogens (tertiary/aromatic N) is 1. The van der Waals surface area contributed by atoms with Gasteiger partial charge in [-0.05, 0) is 38.9 Å². The van der Waals surface area contributed by atoms with Crippen molar-refractivity contribution in [3.8, 4) is 0 Å². The fourth-order valence-corrected chi connectivity index (χ4v) is 1.28. The summed E-state index contributed by atoms with van der Waals surface area (Å²) in [6.07, 6.45) is 3.88. The van der Waals surface area contributed by atoms with E-state index in [4.69, 9.17) is 9.59 Å². The molecule has 0 fully saturated rings. The van der Waals surface area contributed by atoms with Crippen molar-refractivity contribution in [2.24, 2.45) is 0 Å². The maximum Gasteiger partial charge on any atom is 4.00 e. The normalized spacial score (nSPS) is 8.00. The van der Waals surface area contributed by atoms with Crippen LogP contribution in [0.2, 0.25) is 0 Å². The first kappa shape index (κ1) is 31.4. The molecule has 0 aromatic carbocycles. The molecule has 0 saturated heterocycles. The first-order valence-electron chi connectivity index (χ1n) is 6.54. The van der Waals surface area contributed by atoms with E-state index in [1.807, 2.05) is 0 Å². The van der Waals surface area contributed by atoms with Crippen LogP contribution in [0.3, 0.4) is 0 Å². The second-order valence-electron chi connectivity index (χ2n) is 4.34. The third kappa shape index (κ3) is 57.1. The van der Waals surface area contributed by atoms with E-state index in [9.17, 15) is 0 Å². The van der Waals surface area contributed by atoms with E-state index in [-0.39, 0.29) is 19.5 Å². The third-order valence-corrected chi connectivity index (χ3v) is 1.62. The van der Waals surface area contributed by atoms with Crippen molar-refractivity contribution in [2.45, 2.75) is 60.8 Å². The first-order valence-corrected chi connectivity index (χ1v) is 6.54. The number of rotatable bonds is 6. The van der Waals surface area contributed by atoms with Crippen LogP contribution in [0.4, 0.5) is 0 Å². The minimum Gasteiger partial charge on any atom is -0.545 e. The smallest absolute Gasteiger partial charge is 0.545 e. The summed E-state index contributed by atoms with van der Waals surface area (Å²) in [7, 11) is 0. The molecule has 0 amide bonds. The zero-order valence-corrected chi connectivity index (χ0v) is 15.3. The van der Waals surface area contributed by atoms with Gasteiger partial charge in [-0.1, -0.05) is 20.8 Å². The van der Waals surface area contributed by atoms with E-state index in [2.05, 4.69) is 60.0 Å². The van der Waals surface area contributed by atoms with Crippen LogP contribution in [0, 0.1) is 5.92 Å². The zero-order valence-electron chi connectivity index (χ0n) is 13.5. The molecule has 116 valence electrons. The van der Waals surface area contributed by atoms with Crippen LogP contribution in [0.5, 0.6) is 0 Å². The molecule has 0 aliphatic carbocycles. The Kier molecular flexibility index (Phi) is 59.6. The molecule has 0 saturated carbocycles. The van der Waals surface area contributed by atoms with Crippen molar-refractivity contribution < 1.29 is 29.1 Å². The van der Waals surface area contributed by atoms with Gasteiger partial charge in [-0.2, -0.15) is 20.8 Å². The summed E-state index contributed by atoms with van der Waals surface area (Å²) in [6, 6.07) is 0. The Morgan fingerprint density at radius 3 is 1.00 bits per heavy atom. The van der Waals surface area contributed by atoms with Gasteiger partial charge in [0, 0.05) is 0 Å². The Morgan fingerprint density at radius 2 is 0.895 bits per heavy atom. The quantitative estimate of drug-likeness (QED) is 0.413. The van der Waals surface area contributed by atoms with Crippen LogP contribution in [-0.4, -0.2) is 38.1 Å². The summed E-state index contributed by atoms with van der Waals surface area (Å²) in [5.41, 5.74) is 0. The molecule has 0 rings (SSSR count). The van der Waals surface area contributed by atoms with Gasteiger partial charge in [-0.25, -0.2) is 0 Å².